The van der Waals surface area contributed by atoms with E-state index in [2.05, 4.69) is 36.0 Å². The van der Waals surface area contributed by atoms with Crippen molar-refractivity contribution < 1.29 is 5.11 Å². The largest absolute Gasteiger partial charge is 0.394 e. The molecule has 0 aromatic rings. The van der Waals surface area contributed by atoms with E-state index in [-0.39, 0.29) is 12.1 Å². The highest BCUT2D eigenvalue weighted by Gasteiger charge is 2.26. The van der Waals surface area contributed by atoms with Crippen LogP contribution in [0.1, 0.15) is 13.8 Å². The fraction of sp³-hybridized carbons (Fsp3) is 1.00. The van der Waals surface area contributed by atoms with Crippen molar-refractivity contribution in [2.45, 2.75) is 19.4 Å². The third-order valence-electron chi connectivity index (χ3n) is 3.12. The molecule has 1 saturated heterocycles. The number of nitrogens with one attached hydrogen (secondary N) is 1. The maximum Gasteiger partial charge on any atom is 0.0623 e. The van der Waals surface area contributed by atoms with Crippen LogP contribution < -0.4 is 5.32 Å². The van der Waals surface area contributed by atoms with Crippen molar-refractivity contribution in [3.05, 3.63) is 0 Å². The summed E-state index contributed by atoms with van der Waals surface area (Å²) in [5.74, 6) is 0. The van der Waals surface area contributed by atoms with Crippen LogP contribution in [0.4, 0.5) is 0 Å². The summed E-state index contributed by atoms with van der Waals surface area (Å²) in [5.41, 5.74) is -0.148. The summed E-state index contributed by atoms with van der Waals surface area (Å²) >= 11 is 0. The first-order valence-corrected chi connectivity index (χ1v) is 5.86. The number of nitrogens with zero attached hydrogens (tertiary/aromatic N) is 2. The Labute approximate surface area is 93.2 Å². The molecule has 0 aromatic carbocycles. The molecule has 0 spiro atoms. The van der Waals surface area contributed by atoms with Crippen molar-refractivity contribution in [1.82, 2.24) is 15.1 Å². The molecular weight excluding hydrogens is 190 g/mol. The molecule has 0 aromatic heterocycles. The van der Waals surface area contributed by atoms with E-state index in [0.717, 1.165) is 39.3 Å². The standard InChI is InChI=1S/C11H25N3O/c1-4-12-11(2,10-15)9-14-7-5-13(3)6-8-14/h12,15H,4-10H2,1-3H3. The first-order valence-electron chi connectivity index (χ1n) is 5.86. The second-order valence-electron chi connectivity index (χ2n) is 4.83. The Morgan fingerprint density at radius 2 is 1.87 bits per heavy atom. The van der Waals surface area contributed by atoms with Crippen LogP contribution in [-0.4, -0.2) is 73.4 Å². The number of piperazine rings is 1. The van der Waals surface area contributed by atoms with Crippen molar-refractivity contribution in [2.24, 2.45) is 0 Å². The minimum Gasteiger partial charge on any atom is -0.394 e. The van der Waals surface area contributed by atoms with Gasteiger partial charge in [-0.2, -0.15) is 0 Å². The predicted octanol–water partition coefficient (Wildman–Crippen LogP) is -0.406. The average molecular weight is 215 g/mol. The van der Waals surface area contributed by atoms with E-state index in [1.807, 2.05) is 0 Å². The lowest BCUT2D eigenvalue weighted by molar-refractivity contribution is 0.0879. The van der Waals surface area contributed by atoms with Crippen molar-refractivity contribution in [2.75, 3.05) is 52.9 Å². The molecule has 0 amide bonds. The zero-order valence-electron chi connectivity index (χ0n) is 10.3. The molecule has 15 heavy (non-hydrogen) atoms. The molecule has 1 aliphatic rings. The highest BCUT2D eigenvalue weighted by atomic mass is 16.3. The van der Waals surface area contributed by atoms with Gasteiger partial charge in [0, 0.05) is 32.7 Å². The van der Waals surface area contributed by atoms with E-state index in [9.17, 15) is 5.11 Å². The van der Waals surface area contributed by atoms with Gasteiger partial charge in [-0.25, -0.2) is 0 Å². The third-order valence-corrected chi connectivity index (χ3v) is 3.12. The molecule has 1 atom stereocenters. The topological polar surface area (TPSA) is 38.7 Å². The Morgan fingerprint density at radius 3 is 2.33 bits per heavy atom. The minimum atomic E-state index is -0.148. The van der Waals surface area contributed by atoms with Crippen LogP contribution in [0.3, 0.4) is 0 Å². The normalized spacial score (nSPS) is 24.0. The summed E-state index contributed by atoms with van der Waals surface area (Å²) in [7, 11) is 2.16. The minimum absolute atomic E-state index is 0.148. The van der Waals surface area contributed by atoms with Crippen LogP contribution in [-0.2, 0) is 0 Å². The molecule has 1 unspecified atom stereocenters. The monoisotopic (exact) mass is 215 g/mol. The number of aliphatic hydroxyl groups is 1. The van der Waals surface area contributed by atoms with E-state index in [1.54, 1.807) is 0 Å². The van der Waals surface area contributed by atoms with Gasteiger partial charge in [-0.15, -0.1) is 0 Å². The van der Waals surface area contributed by atoms with Crippen LogP contribution >= 0.6 is 0 Å². The van der Waals surface area contributed by atoms with Gasteiger partial charge in [-0.05, 0) is 20.5 Å². The second kappa shape index (κ2) is 5.80. The predicted molar refractivity (Wildman–Crippen MR) is 63.1 cm³/mol. The summed E-state index contributed by atoms with van der Waals surface area (Å²) < 4.78 is 0. The summed E-state index contributed by atoms with van der Waals surface area (Å²) in [5, 5.41) is 12.8. The third kappa shape index (κ3) is 4.07. The molecule has 1 aliphatic heterocycles. The Kier molecular flexibility index (Phi) is 4.99. The lowest BCUT2D eigenvalue weighted by Crippen LogP contribution is -2.57. The molecule has 0 radical (unpaired) electrons. The quantitative estimate of drug-likeness (QED) is 0.654. The first-order chi connectivity index (χ1) is 7.09. The van der Waals surface area contributed by atoms with Gasteiger partial charge in [0.1, 0.15) is 0 Å². The summed E-state index contributed by atoms with van der Waals surface area (Å²) in [6.07, 6.45) is 0. The van der Waals surface area contributed by atoms with Crippen LogP contribution in [0.5, 0.6) is 0 Å². The molecule has 90 valence electrons. The van der Waals surface area contributed by atoms with E-state index in [0.29, 0.717) is 0 Å². The second-order valence-corrected chi connectivity index (χ2v) is 4.83. The Bertz CT molecular complexity index is 181. The number of hydrogen-bond acceptors (Lipinski definition) is 4. The molecule has 0 bridgehead atoms. The Hall–Kier alpha value is -0.160. The van der Waals surface area contributed by atoms with Crippen LogP contribution in [0.15, 0.2) is 0 Å². The SMILES string of the molecule is CCNC(C)(CO)CN1CCN(C)CC1. The van der Waals surface area contributed by atoms with Gasteiger partial charge in [0.2, 0.25) is 0 Å². The fourth-order valence-corrected chi connectivity index (χ4v) is 2.09. The summed E-state index contributed by atoms with van der Waals surface area (Å²) in [6.45, 7) is 10.7. The van der Waals surface area contributed by atoms with Crippen molar-refractivity contribution >= 4 is 0 Å². The van der Waals surface area contributed by atoms with Crippen LogP contribution in [0.2, 0.25) is 0 Å². The average Bonchev–Trinajstić information content (AvgIpc) is 2.22. The lowest BCUT2D eigenvalue weighted by Gasteiger charge is -2.39. The van der Waals surface area contributed by atoms with Gasteiger partial charge in [0.05, 0.1) is 12.1 Å². The number of aliphatic hydroxyl groups excluding tert-OH is 1. The number of hydrogen-bond donors (Lipinski definition) is 2. The van der Waals surface area contributed by atoms with E-state index >= 15 is 0 Å². The van der Waals surface area contributed by atoms with E-state index < -0.39 is 0 Å². The van der Waals surface area contributed by atoms with Gasteiger partial charge in [0.15, 0.2) is 0 Å². The fourth-order valence-electron chi connectivity index (χ4n) is 2.09. The molecular formula is C11H25N3O. The highest BCUT2D eigenvalue weighted by Crippen LogP contribution is 2.08. The number of rotatable bonds is 5. The summed E-state index contributed by atoms with van der Waals surface area (Å²) in [6, 6.07) is 0. The van der Waals surface area contributed by atoms with Gasteiger partial charge in [0.25, 0.3) is 0 Å². The van der Waals surface area contributed by atoms with Crippen LogP contribution in [0, 0.1) is 0 Å². The maximum atomic E-state index is 9.40. The van der Waals surface area contributed by atoms with Crippen molar-refractivity contribution in [3.8, 4) is 0 Å². The Balaban J connectivity index is 2.38. The molecule has 1 fully saturated rings. The zero-order valence-corrected chi connectivity index (χ0v) is 10.3. The molecule has 1 heterocycles. The molecule has 4 nitrogen and oxygen atoms in total. The van der Waals surface area contributed by atoms with Crippen molar-refractivity contribution in [3.63, 3.8) is 0 Å². The molecule has 1 rings (SSSR count). The van der Waals surface area contributed by atoms with Gasteiger partial charge in [-0.1, -0.05) is 6.92 Å². The Morgan fingerprint density at radius 1 is 1.27 bits per heavy atom. The van der Waals surface area contributed by atoms with E-state index in [1.165, 1.54) is 0 Å². The summed E-state index contributed by atoms with van der Waals surface area (Å²) in [4.78, 5) is 4.78. The first kappa shape index (κ1) is 12.9. The molecule has 4 heteroatoms. The smallest absolute Gasteiger partial charge is 0.0623 e. The van der Waals surface area contributed by atoms with Gasteiger partial charge in [-0.3, -0.25) is 4.90 Å². The van der Waals surface area contributed by atoms with Crippen LogP contribution in [0.25, 0.3) is 0 Å². The highest BCUT2D eigenvalue weighted by molar-refractivity contribution is 4.87. The molecule has 2 N–H and O–H groups in total. The lowest BCUT2D eigenvalue weighted by atomic mass is 10.0. The van der Waals surface area contributed by atoms with Gasteiger partial charge < -0.3 is 15.3 Å². The van der Waals surface area contributed by atoms with Crippen molar-refractivity contribution in [1.29, 1.82) is 0 Å². The van der Waals surface area contributed by atoms with Gasteiger partial charge >= 0.3 is 0 Å². The molecule has 0 aliphatic carbocycles. The zero-order chi connectivity index (χ0) is 11.3. The molecule has 0 saturated carbocycles. The van der Waals surface area contributed by atoms with E-state index in [4.69, 9.17) is 0 Å². The number of likely N-dealkylation sites (N-methyl/N-ethyl adjacent to an activating group) is 2. The maximum absolute atomic E-state index is 9.40.